The van der Waals surface area contributed by atoms with Crippen molar-refractivity contribution in [3.8, 4) is 17.2 Å². The molecule has 8 heteroatoms. The number of carbonyl (C=O) groups is 1. The number of sulfonamides is 1. The van der Waals surface area contributed by atoms with Gasteiger partial charge in [-0.25, -0.2) is 8.42 Å². The third kappa shape index (κ3) is 5.91. The number of benzene rings is 3. The van der Waals surface area contributed by atoms with Crippen molar-refractivity contribution >= 4 is 21.6 Å². The summed E-state index contributed by atoms with van der Waals surface area (Å²) >= 11 is 0. The number of hydrogen-bond donors (Lipinski definition) is 1. The van der Waals surface area contributed by atoms with Crippen LogP contribution in [-0.4, -0.2) is 38.3 Å². The smallest absolute Gasteiger partial charge is 0.262 e. The van der Waals surface area contributed by atoms with Crippen LogP contribution in [0.3, 0.4) is 0 Å². The molecule has 0 atom stereocenters. The lowest BCUT2D eigenvalue weighted by molar-refractivity contribution is -0.118. The van der Waals surface area contributed by atoms with Crippen LogP contribution < -0.4 is 14.8 Å². The molecule has 1 amide bonds. The highest BCUT2D eigenvalue weighted by Crippen LogP contribution is 2.29. The van der Waals surface area contributed by atoms with Gasteiger partial charge in [0, 0.05) is 13.1 Å². The van der Waals surface area contributed by atoms with Gasteiger partial charge in [0.05, 0.1) is 10.6 Å². The zero-order valence-electron chi connectivity index (χ0n) is 18.1. The van der Waals surface area contributed by atoms with Gasteiger partial charge in [-0.2, -0.15) is 4.31 Å². The van der Waals surface area contributed by atoms with E-state index in [1.807, 2.05) is 36.4 Å². The van der Waals surface area contributed by atoms with Crippen LogP contribution in [0.25, 0.3) is 0 Å². The summed E-state index contributed by atoms with van der Waals surface area (Å²) < 4.78 is 38.4. The summed E-state index contributed by atoms with van der Waals surface area (Å²) in [6, 6.07) is 22.6. The van der Waals surface area contributed by atoms with Gasteiger partial charge < -0.3 is 14.8 Å². The predicted octanol–water partition coefficient (Wildman–Crippen LogP) is 4.67. The highest BCUT2D eigenvalue weighted by molar-refractivity contribution is 7.89. The Hall–Kier alpha value is -3.36. The Morgan fingerprint density at radius 3 is 2.21 bits per heavy atom. The highest BCUT2D eigenvalue weighted by Gasteiger charge is 2.25. The van der Waals surface area contributed by atoms with Crippen molar-refractivity contribution in [3.05, 3.63) is 78.9 Å². The molecule has 1 aliphatic rings. The lowest BCUT2D eigenvalue weighted by Crippen LogP contribution is -2.35. The van der Waals surface area contributed by atoms with Crippen LogP contribution in [0.5, 0.6) is 17.2 Å². The molecular weight excluding hydrogens is 440 g/mol. The summed E-state index contributed by atoms with van der Waals surface area (Å²) in [6.45, 7) is 0.879. The summed E-state index contributed by atoms with van der Waals surface area (Å²) in [6.07, 6.45) is 2.83. The second-order valence-corrected chi connectivity index (χ2v) is 9.62. The number of piperidine rings is 1. The van der Waals surface area contributed by atoms with Crippen LogP contribution >= 0.6 is 0 Å². The summed E-state index contributed by atoms with van der Waals surface area (Å²) in [5.74, 6) is 1.24. The van der Waals surface area contributed by atoms with Crippen molar-refractivity contribution in [1.82, 2.24) is 4.31 Å². The minimum atomic E-state index is -3.50. The zero-order valence-corrected chi connectivity index (χ0v) is 19.0. The second kappa shape index (κ2) is 10.5. The fourth-order valence-corrected chi connectivity index (χ4v) is 5.09. The van der Waals surface area contributed by atoms with E-state index >= 15 is 0 Å². The zero-order chi connectivity index (χ0) is 23.1. The van der Waals surface area contributed by atoms with E-state index in [2.05, 4.69) is 5.32 Å². The molecule has 33 heavy (non-hydrogen) atoms. The number of rotatable bonds is 8. The average Bonchev–Trinajstić information content (AvgIpc) is 2.85. The number of para-hydroxylation sites is 3. The molecule has 0 aromatic heterocycles. The van der Waals surface area contributed by atoms with Crippen LogP contribution in [0.2, 0.25) is 0 Å². The molecule has 1 aliphatic heterocycles. The Labute approximate surface area is 194 Å². The fourth-order valence-electron chi connectivity index (χ4n) is 3.57. The van der Waals surface area contributed by atoms with Crippen LogP contribution in [0.15, 0.2) is 83.8 Å². The Morgan fingerprint density at radius 2 is 1.48 bits per heavy atom. The lowest BCUT2D eigenvalue weighted by Gasteiger charge is -2.25. The molecule has 1 N–H and O–H groups in total. The van der Waals surface area contributed by atoms with Gasteiger partial charge in [0.25, 0.3) is 5.91 Å². The maximum Gasteiger partial charge on any atom is 0.262 e. The quantitative estimate of drug-likeness (QED) is 0.521. The molecule has 1 fully saturated rings. The molecule has 172 valence electrons. The third-order valence-electron chi connectivity index (χ3n) is 5.28. The molecular formula is C25H26N2O5S. The van der Waals surface area contributed by atoms with Crippen LogP contribution in [0.1, 0.15) is 19.3 Å². The van der Waals surface area contributed by atoms with Crippen LogP contribution in [-0.2, 0) is 14.8 Å². The Kier molecular flexibility index (Phi) is 7.26. The third-order valence-corrected chi connectivity index (χ3v) is 7.19. The van der Waals surface area contributed by atoms with E-state index in [1.54, 1.807) is 30.3 Å². The van der Waals surface area contributed by atoms with E-state index < -0.39 is 10.0 Å². The van der Waals surface area contributed by atoms with E-state index in [1.165, 1.54) is 16.4 Å². The normalized spacial score (nSPS) is 14.4. The lowest BCUT2D eigenvalue weighted by atomic mass is 10.2. The number of nitrogens with zero attached hydrogens (tertiary/aromatic N) is 1. The Morgan fingerprint density at radius 1 is 0.818 bits per heavy atom. The summed E-state index contributed by atoms with van der Waals surface area (Å²) in [7, 11) is -3.50. The first kappa shape index (κ1) is 22.8. The number of ether oxygens (including phenoxy) is 2. The first-order chi connectivity index (χ1) is 16.0. The van der Waals surface area contributed by atoms with Gasteiger partial charge in [0.15, 0.2) is 12.4 Å². The largest absolute Gasteiger partial charge is 0.484 e. The van der Waals surface area contributed by atoms with E-state index in [0.717, 1.165) is 19.3 Å². The van der Waals surface area contributed by atoms with E-state index in [0.29, 0.717) is 36.0 Å². The minimum absolute atomic E-state index is 0.224. The second-order valence-electron chi connectivity index (χ2n) is 7.68. The van der Waals surface area contributed by atoms with Crippen molar-refractivity contribution in [3.63, 3.8) is 0 Å². The molecule has 0 unspecified atom stereocenters. The Balaban J connectivity index is 1.34. The molecule has 0 aliphatic carbocycles. The summed E-state index contributed by atoms with van der Waals surface area (Å²) in [4.78, 5) is 12.7. The number of anilines is 1. The molecule has 0 bridgehead atoms. The topological polar surface area (TPSA) is 84.9 Å². The molecule has 0 saturated carbocycles. The number of nitrogens with one attached hydrogen (secondary N) is 1. The van der Waals surface area contributed by atoms with Crippen molar-refractivity contribution < 1.29 is 22.7 Å². The molecule has 1 saturated heterocycles. The maximum atomic E-state index is 12.7. The van der Waals surface area contributed by atoms with E-state index in [-0.39, 0.29) is 17.4 Å². The summed E-state index contributed by atoms with van der Waals surface area (Å²) in [5, 5.41) is 2.79. The fraction of sp³-hybridized carbons (Fsp3) is 0.240. The number of carbonyl (C=O) groups excluding carboxylic acids is 1. The molecule has 3 aromatic carbocycles. The van der Waals surface area contributed by atoms with Gasteiger partial charge in [-0.15, -0.1) is 0 Å². The molecule has 3 aromatic rings. The molecule has 0 spiro atoms. The standard InChI is InChI=1S/C25H26N2O5S/c28-25(26-23-11-5-6-12-24(23)32-21-9-3-1-4-10-21)19-31-20-13-15-22(16-14-20)33(29,30)27-17-7-2-8-18-27/h1,3-6,9-16H,2,7-8,17-19H2,(H,26,28). The molecule has 1 heterocycles. The maximum absolute atomic E-state index is 12.7. The van der Waals surface area contributed by atoms with Gasteiger partial charge in [-0.1, -0.05) is 36.8 Å². The van der Waals surface area contributed by atoms with Crippen molar-refractivity contribution in [2.24, 2.45) is 0 Å². The van der Waals surface area contributed by atoms with Crippen molar-refractivity contribution in [2.45, 2.75) is 24.2 Å². The van der Waals surface area contributed by atoms with E-state index in [4.69, 9.17) is 9.47 Å². The van der Waals surface area contributed by atoms with Gasteiger partial charge in [-0.3, -0.25) is 4.79 Å². The Bertz CT molecular complexity index is 1170. The molecule has 0 radical (unpaired) electrons. The van der Waals surface area contributed by atoms with Crippen LogP contribution in [0, 0.1) is 0 Å². The predicted molar refractivity (Wildman–Crippen MR) is 126 cm³/mol. The van der Waals surface area contributed by atoms with Gasteiger partial charge in [-0.05, 0) is 61.4 Å². The van der Waals surface area contributed by atoms with Gasteiger partial charge in [0.2, 0.25) is 10.0 Å². The number of hydrogen-bond acceptors (Lipinski definition) is 5. The van der Waals surface area contributed by atoms with Gasteiger partial charge in [0.1, 0.15) is 11.5 Å². The molecule has 7 nitrogen and oxygen atoms in total. The van der Waals surface area contributed by atoms with Crippen LogP contribution in [0.4, 0.5) is 5.69 Å². The average molecular weight is 467 g/mol. The van der Waals surface area contributed by atoms with E-state index in [9.17, 15) is 13.2 Å². The van der Waals surface area contributed by atoms with Crippen molar-refractivity contribution in [1.29, 1.82) is 0 Å². The first-order valence-corrected chi connectivity index (χ1v) is 12.3. The highest BCUT2D eigenvalue weighted by atomic mass is 32.2. The number of amides is 1. The summed E-state index contributed by atoms with van der Waals surface area (Å²) in [5.41, 5.74) is 0.526. The minimum Gasteiger partial charge on any atom is -0.484 e. The SMILES string of the molecule is O=C(COc1ccc(S(=O)(=O)N2CCCCC2)cc1)Nc1ccccc1Oc1ccccc1. The van der Waals surface area contributed by atoms with Crippen molar-refractivity contribution in [2.75, 3.05) is 25.0 Å². The van der Waals surface area contributed by atoms with Gasteiger partial charge >= 0.3 is 0 Å². The monoisotopic (exact) mass is 466 g/mol. The molecule has 4 rings (SSSR count). The first-order valence-electron chi connectivity index (χ1n) is 10.9.